The molecule has 21 heavy (non-hydrogen) atoms. The summed E-state index contributed by atoms with van der Waals surface area (Å²) in [5, 5.41) is 11.5. The monoisotopic (exact) mass is 290 g/mol. The van der Waals surface area contributed by atoms with Crippen molar-refractivity contribution in [2.24, 2.45) is 0 Å². The van der Waals surface area contributed by atoms with Crippen LogP contribution < -0.4 is 21.3 Å². The minimum Gasteiger partial charge on any atom is -0.350 e. The van der Waals surface area contributed by atoms with Gasteiger partial charge < -0.3 is 21.3 Å². The zero-order chi connectivity index (χ0) is 15.1. The Kier molecular flexibility index (Phi) is 5.57. The normalized spacial score (nSPS) is 19.4. The fourth-order valence-corrected chi connectivity index (χ4v) is 2.25. The molecule has 0 aliphatic carbocycles. The van der Waals surface area contributed by atoms with Crippen LogP contribution in [0, 0.1) is 0 Å². The maximum Gasteiger partial charge on any atom is 0.319 e. The lowest BCUT2D eigenvalue weighted by atomic mass is 10.1. The molecule has 1 aliphatic rings. The van der Waals surface area contributed by atoms with Gasteiger partial charge >= 0.3 is 6.03 Å². The van der Waals surface area contributed by atoms with Crippen LogP contribution in [0.25, 0.3) is 0 Å². The minimum atomic E-state index is -0.573. The number of hydrogen-bond acceptors (Lipinski definition) is 3. The van der Waals surface area contributed by atoms with Crippen molar-refractivity contribution in [2.75, 3.05) is 18.4 Å². The first-order chi connectivity index (χ1) is 10.1. The fraction of sp³-hybridized carbons (Fsp3) is 0.467. The number of benzene rings is 1. The molecule has 1 aromatic rings. The van der Waals surface area contributed by atoms with Gasteiger partial charge in [0, 0.05) is 18.3 Å². The standard InChI is InChI=1S/C15H22N4O2/c1-11(14(20)18-13-8-5-9-16-10-13)17-15(21)19-12-6-3-2-4-7-12/h2-4,6-7,11,13,16H,5,8-10H2,1H3,(H,18,20)(H2,17,19,21). The summed E-state index contributed by atoms with van der Waals surface area (Å²) in [4.78, 5) is 23.8. The number of nitrogens with one attached hydrogen (secondary N) is 4. The lowest BCUT2D eigenvalue weighted by Gasteiger charge is -2.25. The van der Waals surface area contributed by atoms with E-state index in [0.717, 1.165) is 25.9 Å². The molecule has 2 unspecified atom stereocenters. The predicted molar refractivity (Wildman–Crippen MR) is 82.1 cm³/mol. The highest BCUT2D eigenvalue weighted by Crippen LogP contribution is 2.05. The molecule has 1 heterocycles. The number of carbonyl (C=O) groups excluding carboxylic acids is 2. The third-order valence-electron chi connectivity index (χ3n) is 3.42. The predicted octanol–water partition coefficient (Wildman–Crippen LogP) is 1.06. The maximum atomic E-state index is 12.0. The second-order valence-electron chi connectivity index (χ2n) is 5.24. The first kappa shape index (κ1) is 15.3. The molecule has 2 atom stereocenters. The number of urea groups is 1. The number of carbonyl (C=O) groups is 2. The number of amides is 3. The zero-order valence-corrected chi connectivity index (χ0v) is 12.2. The average Bonchev–Trinajstić information content (AvgIpc) is 2.49. The summed E-state index contributed by atoms with van der Waals surface area (Å²) >= 11 is 0. The Balaban J connectivity index is 1.75. The molecule has 0 aromatic heterocycles. The average molecular weight is 290 g/mol. The third kappa shape index (κ3) is 5.07. The van der Waals surface area contributed by atoms with Gasteiger partial charge in [-0.1, -0.05) is 18.2 Å². The number of rotatable bonds is 4. The van der Waals surface area contributed by atoms with Crippen LogP contribution in [0.5, 0.6) is 0 Å². The van der Waals surface area contributed by atoms with Crippen LogP contribution >= 0.6 is 0 Å². The molecule has 0 saturated carbocycles. The van der Waals surface area contributed by atoms with Crippen molar-refractivity contribution in [2.45, 2.75) is 31.8 Å². The summed E-state index contributed by atoms with van der Waals surface area (Å²) < 4.78 is 0. The molecule has 4 N–H and O–H groups in total. The zero-order valence-electron chi connectivity index (χ0n) is 12.2. The van der Waals surface area contributed by atoms with Crippen LogP contribution in [0.2, 0.25) is 0 Å². The summed E-state index contributed by atoms with van der Waals surface area (Å²) in [6.07, 6.45) is 2.03. The molecule has 6 nitrogen and oxygen atoms in total. The molecule has 1 aliphatic heterocycles. The fourth-order valence-electron chi connectivity index (χ4n) is 2.25. The van der Waals surface area contributed by atoms with Gasteiger partial charge in [0.15, 0.2) is 0 Å². The van der Waals surface area contributed by atoms with Gasteiger partial charge in [-0.15, -0.1) is 0 Å². The lowest BCUT2D eigenvalue weighted by molar-refractivity contribution is -0.123. The quantitative estimate of drug-likeness (QED) is 0.669. The topological polar surface area (TPSA) is 82.3 Å². The molecule has 1 fully saturated rings. The van der Waals surface area contributed by atoms with E-state index in [1.54, 1.807) is 19.1 Å². The number of anilines is 1. The van der Waals surface area contributed by atoms with Crippen LogP contribution in [0.1, 0.15) is 19.8 Å². The number of para-hydroxylation sites is 1. The Bertz CT molecular complexity index is 472. The van der Waals surface area contributed by atoms with Crippen LogP contribution in [-0.2, 0) is 4.79 Å². The highest BCUT2D eigenvalue weighted by molar-refractivity contribution is 5.93. The van der Waals surface area contributed by atoms with Crippen molar-refractivity contribution in [3.05, 3.63) is 30.3 Å². The highest BCUT2D eigenvalue weighted by atomic mass is 16.2. The molecule has 1 saturated heterocycles. The molecule has 2 rings (SSSR count). The minimum absolute atomic E-state index is 0.146. The summed E-state index contributed by atoms with van der Waals surface area (Å²) in [7, 11) is 0. The van der Waals surface area contributed by atoms with E-state index in [9.17, 15) is 9.59 Å². The van der Waals surface area contributed by atoms with Crippen LogP contribution in [0.15, 0.2) is 30.3 Å². The summed E-state index contributed by atoms with van der Waals surface area (Å²) in [6, 6.07) is 8.31. The first-order valence-corrected chi connectivity index (χ1v) is 7.29. The van der Waals surface area contributed by atoms with Crippen molar-refractivity contribution in [3.63, 3.8) is 0 Å². The molecular weight excluding hydrogens is 268 g/mol. The largest absolute Gasteiger partial charge is 0.350 e. The summed E-state index contributed by atoms with van der Waals surface area (Å²) in [5.41, 5.74) is 0.694. The van der Waals surface area contributed by atoms with E-state index in [2.05, 4.69) is 21.3 Å². The van der Waals surface area contributed by atoms with E-state index < -0.39 is 6.04 Å². The Labute approximate surface area is 124 Å². The molecule has 6 heteroatoms. The second-order valence-corrected chi connectivity index (χ2v) is 5.24. The van der Waals surface area contributed by atoms with Gasteiger partial charge in [-0.3, -0.25) is 4.79 Å². The van der Waals surface area contributed by atoms with E-state index >= 15 is 0 Å². The first-order valence-electron chi connectivity index (χ1n) is 7.29. The van der Waals surface area contributed by atoms with Gasteiger partial charge in [0.2, 0.25) is 5.91 Å². The Morgan fingerprint density at radius 1 is 1.29 bits per heavy atom. The van der Waals surface area contributed by atoms with Crippen LogP contribution in [0.4, 0.5) is 10.5 Å². The van der Waals surface area contributed by atoms with Crippen LogP contribution in [0.3, 0.4) is 0 Å². The molecule has 114 valence electrons. The number of hydrogen-bond donors (Lipinski definition) is 4. The Hall–Kier alpha value is -2.08. The van der Waals surface area contributed by atoms with E-state index in [4.69, 9.17) is 0 Å². The molecule has 0 bridgehead atoms. The second kappa shape index (κ2) is 7.64. The van der Waals surface area contributed by atoms with E-state index in [1.807, 2.05) is 18.2 Å². The van der Waals surface area contributed by atoms with E-state index in [0.29, 0.717) is 5.69 Å². The third-order valence-corrected chi connectivity index (χ3v) is 3.42. The van der Waals surface area contributed by atoms with Gasteiger partial charge in [-0.05, 0) is 38.4 Å². The Morgan fingerprint density at radius 2 is 2.05 bits per heavy atom. The molecule has 0 spiro atoms. The van der Waals surface area contributed by atoms with Crippen molar-refractivity contribution in [1.82, 2.24) is 16.0 Å². The summed E-state index contributed by atoms with van der Waals surface area (Å²) in [6.45, 7) is 3.46. The maximum absolute atomic E-state index is 12.0. The van der Waals surface area contributed by atoms with Gasteiger partial charge in [-0.25, -0.2) is 4.79 Å². The van der Waals surface area contributed by atoms with Crippen molar-refractivity contribution < 1.29 is 9.59 Å². The summed E-state index contributed by atoms with van der Waals surface area (Å²) in [5.74, 6) is -0.160. The van der Waals surface area contributed by atoms with Gasteiger partial charge in [-0.2, -0.15) is 0 Å². The molecule has 1 aromatic carbocycles. The van der Waals surface area contributed by atoms with Crippen LogP contribution in [-0.4, -0.2) is 37.1 Å². The van der Waals surface area contributed by atoms with Gasteiger partial charge in [0.1, 0.15) is 6.04 Å². The molecular formula is C15H22N4O2. The molecule has 0 radical (unpaired) electrons. The molecule has 3 amide bonds. The van der Waals surface area contributed by atoms with E-state index in [-0.39, 0.29) is 18.0 Å². The lowest BCUT2D eigenvalue weighted by Crippen LogP contribution is -2.52. The number of piperidine rings is 1. The van der Waals surface area contributed by atoms with Crippen molar-refractivity contribution in [1.29, 1.82) is 0 Å². The highest BCUT2D eigenvalue weighted by Gasteiger charge is 2.20. The SMILES string of the molecule is CC(NC(=O)Nc1ccccc1)C(=O)NC1CCCNC1. The van der Waals surface area contributed by atoms with Crippen molar-refractivity contribution >= 4 is 17.6 Å². The smallest absolute Gasteiger partial charge is 0.319 e. The van der Waals surface area contributed by atoms with Gasteiger partial charge in [0.25, 0.3) is 0 Å². The van der Waals surface area contributed by atoms with Gasteiger partial charge in [0.05, 0.1) is 0 Å². The van der Waals surface area contributed by atoms with E-state index in [1.165, 1.54) is 0 Å². The Morgan fingerprint density at radius 3 is 2.71 bits per heavy atom. The van der Waals surface area contributed by atoms with Crippen molar-refractivity contribution in [3.8, 4) is 0 Å².